The van der Waals surface area contributed by atoms with Gasteiger partial charge in [-0.25, -0.2) is 13.6 Å². The van der Waals surface area contributed by atoms with Gasteiger partial charge in [0.25, 0.3) is 0 Å². The van der Waals surface area contributed by atoms with Crippen molar-refractivity contribution in [1.82, 2.24) is 10.2 Å². The zero-order valence-corrected chi connectivity index (χ0v) is 16.1. The van der Waals surface area contributed by atoms with E-state index >= 15 is 0 Å². The molecule has 2 amide bonds. The lowest BCUT2D eigenvalue weighted by Crippen LogP contribution is -2.58. The first-order valence-electron chi connectivity index (χ1n) is 9.82. The number of carbonyl (C=O) groups excluding carboxylic acids is 2. The van der Waals surface area contributed by atoms with E-state index < -0.39 is 40.9 Å². The van der Waals surface area contributed by atoms with Gasteiger partial charge in [0.05, 0.1) is 11.6 Å². The third-order valence-electron chi connectivity index (χ3n) is 6.29. The van der Waals surface area contributed by atoms with Gasteiger partial charge >= 0.3 is 6.09 Å². The fourth-order valence-corrected chi connectivity index (χ4v) is 4.52. The Kier molecular flexibility index (Phi) is 5.08. The molecule has 1 unspecified atom stereocenters. The molecule has 3 fully saturated rings. The average molecular weight is 412 g/mol. The molecule has 2 aliphatic heterocycles. The second-order valence-corrected chi connectivity index (χ2v) is 8.24. The molecule has 6 nitrogen and oxygen atoms in total. The second-order valence-electron chi connectivity index (χ2n) is 8.24. The van der Waals surface area contributed by atoms with Crippen LogP contribution in [0.15, 0.2) is 12.1 Å². The number of nitrogens with one attached hydrogen (secondary N) is 1. The van der Waals surface area contributed by atoms with Gasteiger partial charge in [-0.3, -0.25) is 4.79 Å². The van der Waals surface area contributed by atoms with E-state index in [4.69, 9.17) is 9.47 Å². The molecule has 2 saturated heterocycles. The molecule has 158 valence electrons. The number of hydrogen-bond acceptors (Lipinski definition) is 4. The van der Waals surface area contributed by atoms with Gasteiger partial charge in [0, 0.05) is 19.0 Å². The molecule has 1 atom stereocenters. The Balaban J connectivity index is 1.28. The Morgan fingerprint density at radius 2 is 1.90 bits per heavy atom. The van der Waals surface area contributed by atoms with Crippen LogP contribution in [0.1, 0.15) is 32.6 Å². The Morgan fingerprint density at radius 1 is 1.24 bits per heavy atom. The van der Waals surface area contributed by atoms with E-state index in [1.165, 1.54) is 0 Å². The van der Waals surface area contributed by atoms with Crippen LogP contribution in [0.5, 0.6) is 5.75 Å². The third-order valence-corrected chi connectivity index (χ3v) is 6.29. The van der Waals surface area contributed by atoms with Crippen LogP contribution >= 0.6 is 0 Å². The highest BCUT2D eigenvalue weighted by molar-refractivity contribution is 5.81. The quantitative estimate of drug-likeness (QED) is 0.772. The van der Waals surface area contributed by atoms with Gasteiger partial charge in [0.15, 0.2) is 17.4 Å². The minimum absolute atomic E-state index is 0.00336. The second kappa shape index (κ2) is 7.42. The number of alkyl carbamates (subject to hydrolysis) is 1. The molecule has 1 aromatic carbocycles. The van der Waals surface area contributed by atoms with Crippen LogP contribution in [-0.2, 0) is 9.53 Å². The molecule has 0 bridgehead atoms. The fraction of sp³-hybridized carbons (Fsp3) is 0.600. The maximum Gasteiger partial charge on any atom is 0.407 e. The van der Waals surface area contributed by atoms with Gasteiger partial charge in [-0.15, -0.1) is 0 Å². The maximum absolute atomic E-state index is 13.8. The Morgan fingerprint density at radius 3 is 2.52 bits per heavy atom. The lowest BCUT2D eigenvalue weighted by molar-refractivity contribution is -0.143. The summed E-state index contributed by atoms with van der Waals surface area (Å²) in [6.45, 7) is 3.06. The van der Waals surface area contributed by atoms with Crippen LogP contribution in [0.3, 0.4) is 0 Å². The van der Waals surface area contributed by atoms with Crippen molar-refractivity contribution in [3.8, 4) is 5.75 Å². The van der Waals surface area contributed by atoms with Crippen molar-refractivity contribution in [2.24, 2.45) is 11.8 Å². The van der Waals surface area contributed by atoms with Gasteiger partial charge in [0.1, 0.15) is 6.61 Å². The summed E-state index contributed by atoms with van der Waals surface area (Å²) in [5.74, 6) is -4.19. The molecule has 2 heterocycles. The van der Waals surface area contributed by atoms with Gasteiger partial charge < -0.3 is 19.7 Å². The number of amides is 2. The molecule has 3 aliphatic rings. The Labute approximate surface area is 166 Å². The smallest absolute Gasteiger partial charge is 0.407 e. The number of likely N-dealkylation sites (tertiary alicyclic amines) is 1. The van der Waals surface area contributed by atoms with Gasteiger partial charge in [-0.1, -0.05) is 0 Å². The van der Waals surface area contributed by atoms with Crippen LogP contribution < -0.4 is 10.1 Å². The molecule has 1 N–H and O–H groups in total. The maximum atomic E-state index is 13.8. The fourth-order valence-electron chi connectivity index (χ4n) is 4.52. The van der Waals surface area contributed by atoms with Crippen molar-refractivity contribution in [3.05, 3.63) is 29.6 Å². The Hall–Kier alpha value is -2.45. The van der Waals surface area contributed by atoms with E-state index in [0.29, 0.717) is 45.4 Å². The van der Waals surface area contributed by atoms with E-state index in [9.17, 15) is 22.8 Å². The zero-order valence-electron chi connectivity index (χ0n) is 16.1. The summed E-state index contributed by atoms with van der Waals surface area (Å²) < 4.78 is 51.3. The minimum atomic E-state index is -1.33. The lowest BCUT2D eigenvalue weighted by Gasteiger charge is -2.45. The van der Waals surface area contributed by atoms with Crippen LogP contribution in [0.2, 0.25) is 0 Å². The molecule has 1 aromatic rings. The number of ether oxygens (including phenoxy) is 2. The number of benzene rings is 1. The molecule has 29 heavy (non-hydrogen) atoms. The van der Waals surface area contributed by atoms with Crippen molar-refractivity contribution in [1.29, 1.82) is 0 Å². The van der Waals surface area contributed by atoms with Crippen molar-refractivity contribution >= 4 is 12.0 Å². The molecule has 1 saturated carbocycles. The number of carbonyl (C=O) groups is 2. The van der Waals surface area contributed by atoms with Crippen LogP contribution in [0, 0.1) is 29.3 Å². The largest absolute Gasteiger partial charge is 0.484 e. The molecule has 1 spiro atoms. The van der Waals surface area contributed by atoms with Crippen molar-refractivity contribution in [2.75, 3.05) is 19.7 Å². The number of cyclic esters (lactones) is 1. The molecular weight excluding hydrogens is 389 g/mol. The number of rotatable bonds is 4. The van der Waals surface area contributed by atoms with Crippen molar-refractivity contribution in [3.63, 3.8) is 0 Å². The first-order valence-corrected chi connectivity index (χ1v) is 9.82. The highest BCUT2D eigenvalue weighted by Gasteiger charge is 2.53. The highest BCUT2D eigenvalue weighted by atomic mass is 19.2. The van der Waals surface area contributed by atoms with Crippen LogP contribution in [-0.4, -0.2) is 48.2 Å². The topological polar surface area (TPSA) is 67.9 Å². The van der Waals surface area contributed by atoms with E-state index in [0.717, 1.165) is 12.1 Å². The van der Waals surface area contributed by atoms with Crippen molar-refractivity contribution < 1.29 is 32.2 Å². The molecule has 4 rings (SSSR count). The van der Waals surface area contributed by atoms with E-state index in [1.807, 2.05) is 0 Å². The number of piperidine rings is 1. The summed E-state index contributed by atoms with van der Waals surface area (Å²) in [6, 6.07) is 1.56. The van der Waals surface area contributed by atoms with Gasteiger partial charge in [-0.2, -0.15) is 4.39 Å². The monoisotopic (exact) mass is 412 g/mol. The number of halogens is 3. The summed E-state index contributed by atoms with van der Waals surface area (Å²) in [6.07, 6.45) is 1.46. The standard InChI is InChI=1S/C20H23F3N2O4/c1-11(29-17-15(22)3-2-14(21)16(17)23)12-4-6-25(7-5-12)18(26)13-8-20(9-13)10-28-19(27)24-20/h2-3,11-13H,4-10H2,1H3,(H,24,27)/t11?,13-,20-. The van der Waals surface area contributed by atoms with E-state index in [2.05, 4.69) is 5.32 Å². The summed E-state index contributed by atoms with van der Waals surface area (Å²) >= 11 is 0. The van der Waals surface area contributed by atoms with E-state index in [1.54, 1.807) is 11.8 Å². The Bertz CT molecular complexity index is 820. The van der Waals surface area contributed by atoms with E-state index in [-0.39, 0.29) is 17.7 Å². The lowest BCUT2D eigenvalue weighted by atomic mass is 9.68. The van der Waals surface area contributed by atoms with Crippen LogP contribution in [0.4, 0.5) is 18.0 Å². The third kappa shape index (κ3) is 3.74. The number of nitrogens with zero attached hydrogens (tertiary/aromatic N) is 1. The minimum Gasteiger partial charge on any atom is -0.484 e. The zero-order chi connectivity index (χ0) is 20.8. The van der Waals surface area contributed by atoms with Crippen molar-refractivity contribution in [2.45, 2.75) is 44.2 Å². The van der Waals surface area contributed by atoms with Crippen LogP contribution in [0.25, 0.3) is 0 Å². The normalized spacial score (nSPS) is 27.9. The highest BCUT2D eigenvalue weighted by Crippen LogP contribution is 2.42. The SMILES string of the molecule is CC(Oc1c(F)ccc(F)c1F)C1CCN(C(=O)[C@H]2C[C@@]3(COC(=O)N3)C2)CC1. The summed E-state index contributed by atoms with van der Waals surface area (Å²) in [5, 5.41) is 2.78. The molecule has 1 aliphatic carbocycles. The summed E-state index contributed by atoms with van der Waals surface area (Å²) in [5.41, 5.74) is -0.392. The molecule has 0 aromatic heterocycles. The summed E-state index contributed by atoms with van der Waals surface area (Å²) in [7, 11) is 0. The first kappa shape index (κ1) is 19.8. The predicted octanol–water partition coefficient (Wildman–Crippen LogP) is 3.00. The first-order chi connectivity index (χ1) is 13.8. The molecule has 0 radical (unpaired) electrons. The molecular formula is C20H23F3N2O4. The van der Waals surface area contributed by atoms with Gasteiger partial charge in [0.2, 0.25) is 11.7 Å². The molecule has 9 heteroatoms. The van der Waals surface area contributed by atoms with Gasteiger partial charge in [-0.05, 0) is 50.7 Å². The summed E-state index contributed by atoms with van der Waals surface area (Å²) in [4.78, 5) is 25.7. The number of hydrogen-bond donors (Lipinski definition) is 1. The average Bonchev–Trinajstić information content (AvgIpc) is 3.09. The predicted molar refractivity (Wildman–Crippen MR) is 95.6 cm³/mol.